The number of hydrogen-bond acceptors (Lipinski definition) is 5. The summed E-state index contributed by atoms with van der Waals surface area (Å²) in [6.07, 6.45) is 22.1. The average molecular weight is 420 g/mol. The number of ether oxygens (including phenoxy) is 3. The molecule has 1 heterocycles. The molecule has 1 aromatic rings. The van der Waals surface area contributed by atoms with Crippen molar-refractivity contribution in [2.75, 3.05) is 19.8 Å². The molecule has 2 N–H and O–H groups in total. The van der Waals surface area contributed by atoms with Gasteiger partial charge in [-0.05, 0) is 32.3 Å². The fourth-order valence-corrected chi connectivity index (χ4v) is 2.70. The zero-order chi connectivity index (χ0) is 23.7. The van der Waals surface area contributed by atoms with Gasteiger partial charge in [0.2, 0.25) is 0 Å². The second-order valence-corrected chi connectivity index (χ2v) is 5.92. The van der Waals surface area contributed by atoms with Crippen LogP contribution >= 0.6 is 0 Å². The van der Waals surface area contributed by atoms with Gasteiger partial charge >= 0.3 is 0 Å². The Hall–Kier alpha value is -2.31. The number of hydrogen-bond donors (Lipinski definition) is 1. The molecule has 1 saturated carbocycles. The Morgan fingerprint density at radius 2 is 1.50 bits per heavy atom. The number of carbonyl (C=O) groups is 1. The topological polar surface area (TPSA) is 70.8 Å². The van der Waals surface area contributed by atoms with Gasteiger partial charge in [-0.1, -0.05) is 50.6 Å². The monoisotopic (exact) mass is 419 g/mol. The molecule has 5 nitrogen and oxygen atoms in total. The van der Waals surface area contributed by atoms with E-state index in [2.05, 4.69) is 30.4 Å². The molecule has 0 radical (unpaired) electrons. The highest BCUT2D eigenvalue weighted by Crippen LogP contribution is 2.35. The highest BCUT2D eigenvalue weighted by atomic mass is 16.7. The molecular weight excluding hydrogens is 378 g/mol. The van der Waals surface area contributed by atoms with Crippen molar-refractivity contribution in [3.63, 3.8) is 0 Å². The normalized spacial score (nSPS) is 15.8. The maximum atomic E-state index is 9.18. The van der Waals surface area contributed by atoms with E-state index in [1.54, 1.807) is 6.92 Å². The Labute approximate surface area is 184 Å². The van der Waals surface area contributed by atoms with Crippen molar-refractivity contribution in [1.82, 2.24) is 0 Å². The molecule has 170 valence electrons. The van der Waals surface area contributed by atoms with Crippen molar-refractivity contribution < 1.29 is 19.0 Å². The largest absolute Gasteiger partial charge is 0.468 e. The predicted molar refractivity (Wildman–Crippen MR) is 126 cm³/mol. The van der Waals surface area contributed by atoms with Gasteiger partial charge in [-0.2, -0.15) is 0 Å². The van der Waals surface area contributed by atoms with Gasteiger partial charge < -0.3 is 19.9 Å². The van der Waals surface area contributed by atoms with E-state index < -0.39 is 0 Å². The summed E-state index contributed by atoms with van der Waals surface area (Å²) in [5.74, 6) is -0.127. The summed E-state index contributed by atoms with van der Waals surface area (Å²) >= 11 is 0. The minimum atomic E-state index is -0.127. The van der Waals surface area contributed by atoms with Crippen LogP contribution < -0.4 is 5.73 Å². The first-order valence-electron chi connectivity index (χ1n) is 10.4. The molecule has 2 aliphatic rings. The molecule has 30 heavy (non-hydrogen) atoms. The lowest BCUT2D eigenvalue weighted by atomic mass is 9.94. The molecule has 1 aliphatic carbocycles. The van der Waals surface area contributed by atoms with Crippen molar-refractivity contribution in [2.24, 2.45) is 5.73 Å². The molecule has 2 fully saturated rings. The fourth-order valence-electron chi connectivity index (χ4n) is 2.70. The van der Waals surface area contributed by atoms with E-state index in [1.807, 2.05) is 51.1 Å². The minimum absolute atomic E-state index is 0.127. The summed E-state index contributed by atoms with van der Waals surface area (Å²) in [4.78, 5) is 9.18. The Morgan fingerprint density at radius 1 is 1.03 bits per heavy atom. The third-order valence-corrected chi connectivity index (χ3v) is 3.99. The van der Waals surface area contributed by atoms with Gasteiger partial charge in [0, 0.05) is 18.9 Å². The van der Waals surface area contributed by atoms with Crippen LogP contribution in [0.4, 0.5) is 0 Å². The Bertz CT molecular complexity index is 492. The van der Waals surface area contributed by atoms with E-state index in [0.717, 1.165) is 26.1 Å². The third-order valence-electron chi connectivity index (χ3n) is 3.99. The molecule has 3 rings (SSSR count). The zero-order valence-electron chi connectivity index (χ0n) is 19.2. The minimum Gasteiger partial charge on any atom is -0.468 e. The number of carbonyl (C=O) groups excluding carboxylic acids is 1. The van der Waals surface area contributed by atoms with E-state index in [-0.39, 0.29) is 11.8 Å². The van der Waals surface area contributed by atoms with Crippen LogP contribution in [0.3, 0.4) is 0 Å². The van der Waals surface area contributed by atoms with E-state index in [1.165, 1.54) is 24.8 Å². The Kier molecular flexibility index (Phi) is 26.7. The van der Waals surface area contributed by atoms with Crippen molar-refractivity contribution >= 4 is 6.47 Å². The van der Waals surface area contributed by atoms with Gasteiger partial charge in [0.05, 0.1) is 19.8 Å². The predicted octanol–water partition coefficient (Wildman–Crippen LogP) is 5.10. The first kappa shape index (κ1) is 32.4. The van der Waals surface area contributed by atoms with Gasteiger partial charge in [0.25, 0.3) is 6.47 Å². The highest BCUT2D eigenvalue weighted by molar-refractivity contribution is 5.36. The summed E-state index contributed by atoms with van der Waals surface area (Å²) in [6.45, 7) is 10.3. The number of benzene rings is 1. The smallest absolute Gasteiger partial charge is 0.293 e. The molecule has 0 bridgehead atoms. The average Bonchev–Trinajstić information content (AvgIpc) is 3.28. The maximum Gasteiger partial charge on any atom is 0.293 e. The summed E-state index contributed by atoms with van der Waals surface area (Å²) in [5.41, 5.74) is 6.81. The van der Waals surface area contributed by atoms with Crippen molar-refractivity contribution in [1.29, 1.82) is 0 Å². The molecule has 1 aliphatic heterocycles. The van der Waals surface area contributed by atoms with Crippen LogP contribution in [-0.2, 0) is 19.0 Å². The Balaban J connectivity index is -0.000000336. The summed E-state index contributed by atoms with van der Waals surface area (Å²) in [7, 11) is 0. The van der Waals surface area contributed by atoms with E-state index in [9.17, 15) is 4.79 Å². The highest BCUT2D eigenvalue weighted by Gasteiger charge is 2.37. The van der Waals surface area contributed by atoms with Gasteiger partial charge in [0.1, 0.15) is 0 Å². The third kappa shape index (κ3) is 16.6. The molecule has 0 amide bonds. The van der Waals surface area contributed by atoms with Gasteiger partial charge in [-0.25, -0.2) is 0 Å². The van der Waals surface area contributed by atoms with Crippen LogP contribution in [-0.4, -0.2) is 32.1 Å². The lowest BCUT2D eigenvalue weighted by molar-refractivity contribution is -0.176. The van der Waals surface area contributed by atoms with Crippen LogP contribution in [0.5, 0.6) is 0 Å². The molecular formula is C25H41NO4. The van der Waals surface area contributed by atoms with Gasteiger partial charge in [-0.3, -0.25) is 4.79 Å². The maximum absolute atomic E-state index is 9.18. The first-order chi connectivity index (χ1) is 14.6. The fraction of sp³-hybridized carbons (Fsp3) is 0.560. The van der Waals surface area contributed by atoms with Crippen molar-refractivity contribution in [3.05, 3.63) is 35.9 Å². The molecule has 1 saturated heterocycles. The quantitative estimate of drug-likeness (QED) is 0.545. The second-order valence-electron chi connectivity index (χ2n) is 5.92. The van der Waals surface area contributed by atoms with Crippen LogP contribution in [0.2, 0.25) is 0 Å². The SMILES string of the molecule is C#C.C#C.C1CCC2(CC1)OCCO2.CC.CCOC=O.C[C@@H](N)c1ccccc1. The molecule has 0 unspecified atom stereocenters. The summed E-state index contributed by atoms with van der Waals surface area (Å²) < 4.78 is 15.3. The molecule has 5 heteroatoms. The van der Waals surface area contributed by atoms with E-state index in [0.29, 0.717) is 13.1 Å². The number of terminal acetylenes is 2. The zero-order valence-corrected chi connectivity index (χ0v) is 19.2. The van der Waals surface area contributed by atoms with Gasteiger partial charge in [0.15, 0.2) is 5.79 Å². The van der Waals surface area contributed by atoms with E-state index >= 15 is 0 Å². The second kappa shape index (κ2) is 24.7. The number of nitrogens with two attached hydrogens (primary N) is 1. The van der Waals surface area contributed by atoms with Crippen LogP contribution in [0.1, 0.15) is 71.4 Å². The summed E-state index contributed by atoms with van der Waals surface area (Å²) in [6, 6.07) is 10.2. The van der Waals surface area contributed by atoms with Crippen molar-refractivity contribution in [2.45, 2.75) is 71.6 Å². The van der Waals surface area contributed by atoms with Crippen molar-refractivity contribution in [3.8, 4) is 25.7 Å². The summed E-state index contributed by atoms with van der Waals surface area (Å²) in [5, 5.41) is 0. The van der Waals surface area contributed by atoms with Gasteiger partial charge in [-0.15, -0.1) is 25.7 Å². The Morgan fingerprint density at radius 3 is 1.80 bits per heavy atom. The standard InChI is InChI=1S/C8H11N.C8H14O2.C3H6O2.C2H6.2C2H2/c1-7(9)8-5-3-2-4-6-8;1-2-4-8(5-3-1)9-6-7-10-8;1-2-5-3-4;3*1-2/h2-7H,9H2,1H3;1-7H2;3H,2H2,1H3;1-2H3;2*1-2H/t7-;;;;;/m1...../s1. The number of rotatable bonds is 3. The van der Waals surface area contributed by atoms with Crippen LogP contribution in [0.25, 0.3) is 0 Å². The molecule has 1 atom stereocenters. The molecule has 0 aromatic heterocycles. The first-order valence-corrected chi connectivity index (χ1v) is 10.4. The lowest BCUT2D eigenvalue weighted by Gasteiger charge is -2.30. The molecule has 1 aromatic carbocycles. The van der Waals surface area contributed by atoms with Crippen LogP contribution in [0.15, 0.2) is 30.3 Å². The van der Waals surface area contributed by atoms with Crippen LogP contribution in [0, 0.1) is 25.7 Å². The lowest BCUT2D eigenvalue weighted by Crippen LogP contribution is -2.32. The van der Waals surface area contributed by atoms with E-state index in [4.69, 9.17) is 15.2 Å². The molecule has 1 spiro atoms.